The second-order valence-corrected chi connectivity index (χ2v) is 7.44. The molecule has 1 aromatic carbocycles. The SMILES string of the molecule is CC1CCCN(C(=O)CN2CCN(CCc3ccccc3)CC2)C1. The Balaban J connectivity index is 1.36. The molecule has 0 aliphatic carbocycles. The molecular weight excluding hydrogens is 298 g/mol. The third kappa shape index (κ3) is 5.05. The van der Waals surface area contributed by atoms with Crippen LogP contribution in [0.2, 0.25) is 0 Å². The van der Waals surface area contributed by atoms with Crippen LogP contribution in [-0.4, -0.2) is 73.0 Å². The highest BCUT2D eigenvalue weighted by atomic mass is 16.2. The molecule has 4 nitrogen and oxygen atoms in total. The van der Waals surface area contributed by atoms with Gasteiger partial charge in [0.15, 0.2) is 0 Å². The molecule has 1 unspecified atom stereocenters. The Bertz CT molecular complexity index is 511. The lowest BCUT2D eigenvalue weighted by atomic mass is 10.0. The quantitative estimate of drug-likeness (QED) is 0.828. The summed E-state index contributed by atoms with van der Waals surface area (Å²) in [6.07, 6.45) is 3.55. The molecular formula is C20H31N3O. The van der Waals surface area contributed by atoms with Crippen molar-refractivity contribution in [3.63, 3.8) is 0 Å². The molecule has 0 saturated carbocycles. The fourth-order valence-electron chi connectivity index (χ4n) is 3.81. The van der Waals surface area contributed by atoms with Crippen LogP contribution in [0.15, 0.2) is 30.3 Å². The summed E-state index contributed by atoms with van der Waals surface area (Å²) in [6, 6.07) is 10.7. The molecule has 0 bridgehead atoms. The predicted molar refractivity (Wildman–Crippen MR) is 98.0 cm³/mol. The number of likely N-dealkylation sites (tertiary alicyclic amines) is 1. The maximum Gasteiger partial charge on any atom is 0.236 e. The summed E-state index contributed by atoms with van der Waals surface area (Å²) in [6.45, 7) is 10.1. The van der Waals surface area contributed by atoms with Gasteiger partial charge in [0.25, 0.3) is 0 Å². The van der Waals surface area contributed by atoms with Crippen LogP contribution < -0.4 is 0 Å². The second kappa shape index (κ2) is 8.63. The van der Waals surface area contributed by atoms with E-state index in [-0.39, 0.29) is 0 Å². The molecule has 1 aromatic rings. The summed E-state index contributed by atoms with van der Waals surface area (Å²) in [7, 11) is 0. The number of amides is 1. The van der Waals surface area contributed by atoms with Gasteiger partial charge >= 0.3 is 0 Å². The van der Waals surface area contributed by atoms with Crippen LogP contribution in [0.3, 0.4) is 0 Å². The molecule has 2 aliphatic heterocycles. The van der Waals surface area contributed by atoms with Gasteiger partial charge in [-0.3, -0.25) is 9.69 Å². The van der Waals surface area contributed by atoms with Crippen molar-refractivity contribution >= 4 is 5.91 Å². The standard InChI is InChI=1S/C20H31N3O/c1-18-6-5-10-23(16-18)20(24)17-22-14-12-21(13-15-22)11-9-19-7-3-2-4-8-19/h2-4,7-8,18H,5-6,9-17H2,1H3. The molecule has 1 atom stereocenters. The number of hydrogen-bond donors (Lipinski definition) is 0. The van der Waals surface area contributed by atoms with E-state index in [1.807, 2.05) is 0 Å². The molecule has 0 radical (unpaired) electrons. The van der Waals surface area contributed by atoms with Crippen molar-refractivity contribution in [2.45, 2.75) is 26.2 Å². The van der Waals surface area contributed by atoms with E-state index in [9.17, 15) is 4.79 Å². The van der Waals surface area contributed by atoms with E-state index in [2.05, 4.69) is 52.0 Å². The van der Waals surface area contributed by atoms with E-state index >= 15 is 0 Å². The van der Waals surface area contributed by atoms with Gasteiger partial charge in [-0.25, -0.2) is 0 Å². The fourth-order valence-corrected chi connectivity index (χ4v) is 3.81. The highest BCUT2D eigenvalue weighted by molar-refractivity contribution is 5.78. The average Bonchev–Trinajstić information content (AvgIpc) is 2.62. The first kappa shape index (κ1) is 17.4. The average molecular weight is 329 g/mol. The number of rotatable bonds is 5. The third-order valence-electron chi connectivity index (χ3n) is 5.39. The largest absolute Gasteiger partial charge is 0.341 e. The number of nitrogens with zero attached hydrogens (tertiary/aromatic N) is 3. The minimum atomic E-state index is 0.333. The maximum atomic E-state index is 12.5. The van der Waals surface area contributed by atoms with Crippen molar-refractivity contribution < 1.29 is 4.79 Å². The lowest BCUT2D eigenvalue weighted by Gasteiger charge is -2.37. The van der Waals surface area contributed by atoms with Crippen LogP contribution in [0.1, 0.15) is 25.3 Å². The Morgan fingerprint density at radius 2 is 1.75 bits per heavy atom. The van der Waals surface area contributed by atoms with E-state index in [1.165, 1.54) is 18.4 Å². The summed E-state index contributed by atoms with van der Waals surface area (Å²) in [5.41, 5.74) is 1.41. The van der Waals surface area contributed by atoms with Crippen molar-refractivity contribution in [3.05, 3.63) is 35.9 Å². The predicted octanol–water partition coefficient (Wildman–Crippen LogP) is 2.11. The normalized spacial score (nSPS) is 23.4. The lowest BCUT2D eigenvalue weighted by Crippen LogP contribution is -2.51. The molecule has 24 heavy (non-hydrogen) atoms. The fraction of sp³-hybridized carbons (Fsp3) is 0.650. The molecule has 2 fully saturated rings. The smallest absolute Gasteiger partial charge is 0.236 e. The summed E-state index contributed by atoms with van der Waals surface area (Å²) in [5, 5.41) is 0. The van der Waals surface area contributed by atoms with Gasteiger partial charge in [-0.1, -0.05) is 37.3 Å². The van der Waals surface area contributed by atoms with Crippen molar-refractivity contribution in [1.82, 2.24) is 14.7 Å². The first-order valence-electron chi connectivity index (χ1n) is 9.47. The van der Waals surface area contributed by atoms with Crippen molar-refractivity contribution in [3.8, 4) is 0 Å². The minimum absolute atomic E-state index is 0.333. The van der Waals surface area contributed by atoms with Gasteiger partial charge < -0.3 is 9.80 Å². The molecule has 3 rings (SSSR count). The summed E-state index contributed by atoms with van der Waals surface area (Å²) in [5.74, 6) is 0.997. The molecule has 2 heterocycles. The monoisotopic (exact) mass is 329 g/mol. The van der Waals surface area contributed by atoms with Gasteiger partial charge in [0.2, 0.25) is 5.91 Å². The maximum absolute atomic E-state index is 12.5. The van der Waals surface area contributed by atoms with Gasteiger partial charge in [0, 0.05) is 45.8 Å². The Hall–Kier alpha value is -1.39. The van der Waals surface area contributed by atoms with Crippen LogP contribution in [0.4, 0.5) is 0 Å². The summed E-state index contributed by atoms with van der Waals surface area (Å²) < 4.78 is 0. The minimum Gasteiger partial charge on any atom is -0.341 e. The number of piperidine rings is 1. The summed E-state index contributed by atoms with van der Waals surface area (Å²) >= 11 is 0. The molecule has 1 amide bonds. The third-order valence-corrected chi connectivity index (χ3v) is 5.39. The van der Waals surface area contributed by atoms with E-state index < -0.39 is 0 Å². The van der Waals surface area contributed by atoms with Gasteiger partial charge in [-0.2, -0.15) is 0 Å². The molecule has 4 heteroatoms. The Labute approximate surface area is 146 Å². The second-order valence-electron chi connectivity index (χ2n) is 7.44. The molecule has 0 aromatic heterocycles. The van der Waals surface area contributed by atoms with Gasteiger partial charge in [-0.05, 0) is 30.7 Å². The Morgan fingerprint density at radius 1 is 1.04 bits per heavy atom. The van der Waals surface area contributed by atoms with E-state index in [1.54, 1.807) is 0 Å². The van der Waals surface area contributed by atoms with Crippen LogP contribution in [-0.2, 0) is 11.2 Å². The molecule has 0 N–H and O–H groups in total. The van der Waals surface area contributed by atoms with Crippen LogP contribution >= 0.6 is 0 Å². The Morgan fingerprint density at radius 3 is 2.46 bits per heavy atom. The number of benzene rings is 1. The van der Waals surface area contributed by atoms with E-state index in [0.29, 0.717) is 18.4 Å². The molecule has 132 valence electrons. The van der Waals surface area contributed by atoms with Crippen molar-refractivity contribution in [2.24, 2.45) is 5.92 Å². The highest BCUT2D eigenvalue weighted by Gasteiger charge is 2.24. The number of piperazine rings is 1. The van der Waals surface area contributed by atoms with Gasteiger partial charge in [0.05, 0.1) is 6.54 Å². The molecule has 2 saturated heterocycles. The first-order chi connectivity index (χ1) is 11.7. The highest BCUT2D eigenvalue weighted by Crippen LogP contribution is 2.16. The number of hydrogen-bond acceptors (Lipinski definition) is 3. The van der Waals surface area contributed by atoms with Crippen molar-refractivity contribution in [1.29, 1.82) is 0 Å². The zero-order chi connectivity index (χ0) is 16.8. The zero-order valence-corrected chi connectivity index (χ0v) is 15.0. The van der Waals surface area contributed by atoms with Gasteiger partial charge in [-0.15, -0.1) is 0 Å². The molecule has 0 spiro atoms. The number of carbonyl (C=O) groups is 1. The van der Waals surface area contributed by atoms with Crippen LogP contribution in [0.25, 0.3) is 0 Å². The van der Waals surface area contributed by atoms with Crippen molar-refractivity contribution in [2.75, 3.05) is 52.4 Å². The molecule has 2 aliphatic rings. The summed E-state index contributed by atoms with van der Waals surface area (Å²) in [4.78, 5) is 19.4. The lowest BCUT2D eigenvalue weighted by molar-refractivity contribution is -0.134. The van der Waals surface area contributed by atoms with Gasteiger partial charge in [0.1, 0.15) is 0 Å². The first-order valence-corrected chi connectivity index (χ1v) is 9.47. The Kier molecular flexibility index (Phi) is 6.27. The number of carbonyl (C=O) groups excluding carboxylic acids is 1. The van der Waals surface area contributed by atoms with E-state index in [4.69, 9.17) is 0 Å². The van der Waals surface area contributed by atoms with Crippen LogP contribution in [0.5, 0.6) is 0 Å². The topological polar surface area (TPSA) is 26.8 Å². The zero-order valence-electron chi connectivity index (χ0n) is 15.0. The van der Waals surface area contributed by atoms with E-state index in [0.717, 1.165) is 52.2 Å². The van der Waals surface area contributed by atoms with Crippen LogP contribution in [0, 0.1) is 5.92 Å².